The fraction of sp³-hybridized carbons (Fsp3) is 1.00. The van der Waals surface area contributed by atoms with Crippen LogP contribution in [0.2, 0.25) is 0 Å². The maximum absolute atomic E-state index is 5.80. The molecule has 1 N–H and O–H groups in total. The van der Waals surface area contributed by atoms with Crippen LogP contribution in [0.25, 0.3) is 0 Å². The third-order valence-electron chi connectivity index (χ3n) is 3.77. The molecule has 0 spiro atoms. The molecule has 1 aliphatic rings. The summed E-state index contributed by atoms with van der Waals surface area (Å²) in [5.74, 6) is 1.74. The Morgan fingerprint density at radius 3 is 2.78 bits per heavy atom. The van der Waals surface area contributed by atoms with Gasteiger partial charge in [0.15, 0.2) is 0 Å². The first-order valence-electron chi connectivity index (χ1n) is 7.60. The molecule has 0 aromatic carbocycles. The number of ether oxygens (including phenoxy) is 2. The summed E-state index contributed by atoms with van der Waals surface area (Å²) in [5, 5.41) is 3.35. The van der Waals surface area contributed by atoms with Crippen molar-refractivity contribution in [3.05, 3.63) is 0 Å². The van der Waals surface area contributed by atoms with E-state index in [0.29, 0.717) is 0 Å². The molecule has 0 aromatic rings. The summed E-state index contributed by atoms with van der Waals surface area (Å²) in [6.45, 7) is 7.12. The van der Waals surface area contributed by atoms with Gasteiger partial charge in [-0.1, -0.05) is 19.8 Å². The highest BCUT2D eigenvalue weighted by atomic mass is 16.5. The molecule has 0 bridgehead atoms. The average molecular weight is 257 g/mol. The summed E-state index contributed by atoms with van der Waals surface area (Å²) in [6, 6.07) is 0. The SMILES string of the molecule is COCCNCCCCOCC1CCCC(C)C1. The van der Waals surface area contributed by atoms with Gasteiger partial charge in [-0.05, 0) is 44.1 Å². The van der Waals surface area contributed by atoms with Gasteiger partial charge in [0.2, 0.25) is 0 Å². The van der Waals surface area contributed by atoms with Crippen LogP contribution in [0.15, 0.2) is 0 Å². The molecule has 1 saturated carbocycles. The molecule has 2 atom stereocenters. The van der Waals surface area contributed by atoms with E-state index >= 15 is 0 Å². The molecule has 1 rings (SSSR count). The summed E-state index contributed by atoms with van der Waals surface area (Å²) in [4.78, 5) is 0. The van der Waals surface area contributed by atoms with Gasteiger partial charge in [-0.25, -0.2) is 0 Å². The number of hydrogen-bond acceptors (Lipinski definition) is 3. The standard InChI is InChI=1S/C15H31NO2/c1-14-6-5-7-15(12-14)13-18-10-4-3-8-16-9-11-17-2/h14-16H,3-13H2,1-2H3. The average Bonchev–Trinajstić information content (AvgIpc) is 2.37. The Hall–Kier alpha value is -0.120. The van der Waals surface area contributed by atoms with Gasteiger partial charge in [0.05, 0.1) is 6.61 Å². The van der Waals surface area contributed by atoms with E-state index in [1.807, 2.05) is 0 Å². The largest absolute Gasteiger partial charge is 0.383 e. The zero-order valence-electron chi connectivity index (χ0n) is 12.2. The predicted molar refractivity (Wildman–Crippen MR) is 75.9 cm³/mol. The van der Waals surface area contributed by atoms with Crippen LogP contribution in [0, 0.1) is 11.8 Å². The van der Waals surface area contributed by atoms with E-state index in [2.05, 4.69) is 12.2 Å². The van der Waals surface area contributed by atoms with Crippen molar-refractivity contribution in [2.24, 2.45) is 11.8 Å². The molecule has 0 aromatic heterocycles. The number of nitrogens with one attached hydrogen (secondary N) is 1. The van der Waals surface area contributed by atoms with Gasteiger partial charge in [0, 0.05) is 26.9 Å². The highest BCUT2D eigenvalue weighted by Crippen LogP contribution is 2.28. The van der Waals surface area contributed by atoms with Crippen LogP contribution in [0.5, 0.6) is 0 Å². The van der Waals surface area contributed by atoms with E-state index in [9.17, 15) is 0 Å². The molecule has 0 amide bonds. The Morgan fingerprint density at radius 1 is 1.11 bits per heavy atom. The van der Waals surface area contributed by atoms with Crippen LogP contribution in [-0.2, 0) is 9.47 Å². The Balaban J connectivity index is 1.80. The second-order valence-corrected chi connectivity index (χ2v) is 5.66. The maximum Gasteiger partial charge on any atom is 0.0587 e. The molecule has 3 nitrogen and oxygen atoms in total. The van der Waals surface area contributed by atoms with E-state index < -0.39 is 0 Å². The monoisotopic (exact) mass is 257 g/mol. The van der Waals surface area contributed by atoms with E-state index in [1.165, 1.54) is 38.5 Å². The fourth-order valence-electron chi connectivity index (χ4n) is 2.71. The lowest BCUT2D eigenvalue weighted by molar-refractivity contribution is 0.0741. The quantitative estimate of drug-likeness (QED) is 0.610. The van der Waals surface area contributed by atoms with Crippen molar-refractivity contribution in [1.29, 1.82) is 0 Å². The lowest BCUT2D eigenvalue weighted by Gasteiger charge is -2.26. The summed E-state index contributed by atoms with van der Waals surface area (Å²) in [7, 11) is 1.74. The Morgan fingerprint density at radius 2 is 2.00 bits per heavy atom. The van der Waals surface area contributed by atoms with Crippen molar-refractivity contribution in [3.63, 3.8) is 0 Å². The molecule has 0 radical (unpaired) electrons. The summed E-state index contributed by atoms with van der Waals surface area (Å²) < 4.78 is 10.8. The Labute approximate surface area is 113 Å². The van der Waals surface area contributed by atoms with E-state index in [1.54, 1.807) is 7.11 Å². The van der Waals surface area contributed by atoms with Crippen molar-refractivity contribution >= 4 is 0 Å². The lowest BCUT2D eigenvalue weighted by atomic mass is 9.83. The van der Waals surface area contributed by atoms with E-state index in [0.717, 1.165) is 44.7 Å². The van der Waals surface area contributed by atoms with Gasteiger partial charge in [-0.2, -0.15) is 0 Å². The van der Waals surface area contributed by atoms with E-state index in [-0.39, 0.29) is 0 Å². The normalized spacial score (nSPS) is 24.3. The zero-order chi connectivity index (χ0) is 13.1. The number of methoxy groups -OCH3 is 1. The molecule has 3 heteroatoms. The zero-order valence-corrected chi connectivity index (χ0v) is 12.2. The first-order valence-corrected chi connectivity index (χ1v) is 7.60. The lowest BCUT2D eigenvalue weighted by Crippen LogP contribution is -2.21. The first kappa shape index (κ1) is 15.9. The predicted octanol–water partition coefficient (Wildman–Crippen LogP) is 2.85. The van der Waals surface area contributed by atoms with Crippen molar-refractivity contribution in [2.75, 3.05) is 40.0 Å². The van der Waals surface area contributed by atoms with Crippen LogP contribution in [0.3, 0.4) is 0 Å². The Kier molecular flexibility index (Phi) is 9.54. The van der Waals surface area contributed by atoms with Gasteiger partial charge in [0.1, 0.15) is 0 Å². The van der Waals surface area contributed by atoms with Gasteiger partial charge >= 0.3 is 0 Å². The molecule has 18 heavy (non-hydrogen) atoms. The first-order chi connectivity index (χ1) is 8.83. The minimum Gasteiger partial charge on any atom is -0.383 e. The molecule has 0 saturated heterocycles. The van der Waals surface area contributed by atoms with Crippen molar-refractivity contribution < 1.29 is 9.47 Å². The Bertz CT molecular complexity index is 187. The van der Waals surface area contributed by atoms with Crippen LogP contribution in [0.4, 0.5) is 0 Å². The highest BCUT2D eigenvalue weighted by molar-refractivity contribution is 4.69. The molecular formula is C15H31NO2. The highest BCUT2D eigenvalue weighted by Gasteiger charge is 2.18. The third-order valence-corrected chi connectivity index (χ3v) is 3.77. The van der Waals surface area contributed by atoms with Gasteiger partial charge in [-0.15, -0.1) is 0 Å². The van der Waals surface area contributed by atoms with Crippen molar-refractivity contribution in [3.8, 4) is 0 Å². The summed E-state index contributed by atoms with van der Waals surface area (Å²) in [6.07, 6.45) is 7.94. The smallest absolute Gasteiger partial charge is 0.0587 e. The molecule has 2 unspecified atom stereocenters. The maximum atomic E-state index is 5.80. The third kappa shape index (κ3) is 8.06. The topological polar surface area (TPSA) is 30.5 Å². The summed E-state index contributed by atoms with van der Waals surface area (Å²) >= 11 is 0. The minimum absolute atomic E-state index is 0.802. The van der Waals surface area contributed by atoms with Crippen LogP contribution < -0.4 is 5.32 Å². The van der Waals surface area contributed by atoms with Crippen LogP contribution in [-0.4, -0.2) is 40.0 Å². The molecular weight excluding hydrogens is 226 g/mol. The summed E-state index contributed by atoms with van der Waals surface area (Å²) in [5.41, 5.74) is 0. The van der Waals surface area contributed by atoms with Gasteiger partial charge < -0.3 is 14.8 Å². The van der Waals surface area contributed by atoms with Crippen molar-refractivity contribution in [1.82, 2.24) is 5.32 Å². The van der Waals surface area contributed by atoms with Gasteiger partial charge in [0.25, 0.3) is 0 Å². The number of hydrogen-bond donors (Lipinski definition) is 1. The number of unbranched alkanes of at least 4 members (excludes halogenated alkanes) is 1. The molecule has 0 heterocycles. The second-order valence-electron chi connectivity index (χ2n) is 5.66. The van der Waals surface area contributed by atoms with Crippen LogP contribution >= 0.6 is 0 Å². The van der Waals surface area contributed by atoms with Gasteiger partial charge in [-0.3, -0.25) is 0 Å². The van der Waals surface area contributed by atoms with E-state index in [4.69, 9.17) is 9.47 Å². The molecule has 0 aliphatic heterocycles. The molecule has 108 valence electrons. The fourth-order valence-corrected chi connectivity index (χ4v) is 2.71. The molecule has 1 aliphatic carbocycles. The van der Waals surface area contributed by atoms with Crippen LogP contribution in [0.1, 0.15) is 45.4 Å². The minimum atomic E-state index is 0.802. The molecule has 1 fully saturated rings. The second kappa shape index (κ2) is 10.8. The number of rotatable bonds is 10. The van der Waals surface area contributed by atoms with Crippen molar-refractivity contribution in [2.45, 2.75) is 45.4 Å².